The van der Waals surface area contributed by atoms with Gasteiger partial charge in [-0.05, 0) is 43.5 Å². The van der Waals surface area contributed by atoms with Crippen LogP contribution in [0.1, 0.15) is 85.4 Å². The number of amides is 1. The fourth-order valence-corrected chi connectivity index (χ4v) is 5.49. The molecule has 2 heterocycles. The molecule has 0 saturated heterocycles. The van der Waals surface area contributed by atoms with Crippen LogP contribution in [0.2, 0.25) is 0 Å². The first-order chi connectivity index (χ1) is 15.3. The number of carbonyl (C=O) groups excluding carboxylic acids is 1. The monoisotopic (exact) mass is 457 g/mol. The summed E-state index contributed by atoms with van der Waals surface area (Å²) >= 11 is 1.91. The molecule has 1 aromatic heterocycles. The van der Waals surface area contributed by atoms with Crippen molar-refractivity contribution in [1.29, 1.82) is 0 Å². The van der Waals surface area contributed by atoms with Crippen LogP contribution in [-0.4, -0.2) is 16.1 Å². The lowest BCUT2D eigenvalue weighted by atomic mass is 9.91. The number of aromatic nitrogens is 1. The minimum absolute atomic E-state index is 0. The standard InChI is InChI=1S/C25H35N5OS.2H2/c1-16(17-10-12-20-21(14-17)29-30-28-20)23(31)26-15-18-11-13-22(25(2,3)4)27-24(18)32-19-8-6-5-7-9-19;;/h10-14,16,19,28-30H,5-9,15H2,1-4H3,(H,26,31);2*1H. The number of nitrogens with zero attached hydrogens (tertiary/aromatic N) is 1. The van der Waals surface area contributed by atoms with Crippen molar-refractivity contribution < 1.29 is 7.65 Å². The fraction of sp³-hybridized carbons (Fsp3) is 0.520. The van der Waals surface area contributed by atoms with Crippen LogP contribution in [0.4, 0.5) is 11.4 Å². The van der Waals surface area contributed by atoms with Crippen LogP contribution in [0.25, 0.3) is 0 Å². The molecule has 4 rings (SSSR count). The van der Waals surface area contributed by atoms with Crippen molar-refractivity contribution in [2.24, 2.45) is 0 Å². The van der Waals surface area contributed by atoms with Gasteiger partial charge in [0.25, 0.3) is 0 Å². The van der Waals surface area contributed by atoms with Crippen LogP contribution in [0, 0.1) is 0 Å². The Hall–Kier alpha value is -2.25. The summed E-state index contributed by atoms with van der Waals surface area (Å²) in [5.41, 5.74) is 14.1. The molecule has 32 heavy (non-hydrogen) atoms. The van der Waals surface area contributed by atoms with Gasteiger partial charge >= 0.3 is 0 Å². The number of fused-ring (bicyclic) bond motifs is 1. The average Bonchev–Trinajstić information content (AvgIpc) is 3.25. The molecule has 176 valence electrons. The molecule has 7 heteroatoms. The van der Waals surface area contributed by atoms with Crippen LogP contribution in [0.3, 0.4) is 0 Å². The molecule has 0 bridgehead atoms. The van der Waals surface area contributed by atoms with Crippen molar-refractivity contribution in [3.05, 3.63) is 47.2 Å². The van der Waals surface area contributed by atoms with Crippen molar-refractivity contribution in [3.8, 4) is 0 Å². The summed E-state index contributed by atoms with van der Waals surface area (Å²) in [6.07, 6.45) is 6.47. The number of thioether (sulfide) groups is 1. The molecule has 6 nitrogen and oxygen atoms in total. The summed E-state index contributed by atoms with van der Waals surface area (Å²) in [6, 6.07) is 10.3. The zero-order chi connectivity index (χ0) is 22.7. The highest BCUT2D eigenvalue weighted by Crippen LogP contribution is 2.36. The van der Waals surface area contributed by atoms with Gasteiger partial charge < -0.3 is 16.2 Å². The number of benzene rings is 1. The second-order valence-corrected chi connectivity index (χ2v) is 11.2. The molecule has 1 amide bonds. The average molecular weight is 458 g/mol. The van der Waals surface area contributed by atoms with Gasteiger partial charge in [0.1, 0.15) is 5.03 Å². The maximum atomic E-state index is 13.0. The van der Waals surface area contributed by atoms with Gasteiger partial charge in [0.05, 0.1) is 17.3 Å². The van der Waals surface area contributed by atoms with E-state index < -0.39 is 0 Å². The molecule has 1 atom stereocenters. The Balaban J connectivity index is 0.00000204. The molecule has 1 fully saturated rings. The maximum absolute atomic E-state index is 13.0. The molecule has 4 N–H and O–H groups in total. The van der Waals surface area contributed by atoms with Gasteiger partial charge in [-0.2, -0.15) is 0 Å². The van der Waals surface area contributed by atoms with E-state index in [1.165, 1.54) is 32.1 Å². The number of pyridine rings is 1. The lowest BCUT2D eigenvalue weighted by molar-refractivity contribution is -0.122. The van der Waals surface area contributed by atoms with E-state index in [0.29, 0.717) is 11.8 Å². The van der Waals surface area contributed by atoms with Gasteiger partial charge in [-0.3, -0.25) is 4.79 Å². The largest absolute Gasteiger partial charge is 0.351 e. The number of carbonyl (C=O) groups is 1. The van der Waals surface area contributed by atoms with Gasteiger partial charge in [-0.25, -0.2) is 4.98 Å². The van der Waals surface area contributed by atoms with E-state index in [4.69, 9.17) is 4.98 Å². The van der Waals surface area contributed by atoms with E-state index >= 15 is 0 Å². The minimum atomic E-state index is -0.237. The van der Waals surface area contributed by atoms with Crippen LogP contribution in [0.15, 0.2) is 35.4 Å². The van der Waals surface area contributed by atoms with Crippen molar-refractivity contribution in [2.45, 2.75) is 88.0 Å². The van der Waals surface area contributed by atoms with Crippen LogP contribution < -0.4 is 21.7 Å². The molecule has 1 aliphatic heterocycles. The van der Waals surface area contributed by atoms with Crippen molar-refractivity contribution >= 4 is 29.0 Å². The molecule has 0 radical (unpaired) electrons. The van der Waals surface area contributed by atoms with Gasteiger partial charge in [0.15, 0.2) is 0 Å². The van der Waals surface area contributed by atoms with E-state index in [2.05, 4.69) is 54.6 Å². The van der Waals surface area contributed by atoms with E-state index in [0.717, 1.165) is 33.2 Å². The van der Waals surface area contributed by atoms with E-state index in [1.807, 2.05) is 36.9 Å². The number of rotatable bonds is 6. The first-order valence-corrected chi connectivity index (χ1v) is 12.5. The summed E-state index contributed by atoms with van der Waals surface area (Å²) in [4.78, 5) is 18.0. The molecule has 1 saturated carbocycles. The topological polar surface area (TPSA) is 78.1 Å². The molecule has 1 aliphatic carbocycles. The number of hydrogen-bond acceptors (Lipinski definition) is 6. The van der Waals surface area contributed by atoms with Crippen molar-refractivity contribution in [3.63, 3.8) is 0 Å². The zero-order valence-corrected chi connectivity index (χ0v) is 20.4. The summed E-state index contributed by atoms with van der Waals surface area (Å²) < 4.78 is 0. The molecule has 1 aromatic carbocycles. The Morgan fingerprint density at radius 3 is 2.66 bits per heavy atom. The Bertz CT molecular complexity index is 976. The molecular formula is C25H39N5OS. The third kappa shape index (κ3) is 5.38. The fourth-order valence-electron chi connectivity index (χ4n) is 4.16. The lowest BCUT2D eigenvalue weighted by Crippen LogP contribution is -2.28. The molecule has 1 unspecified atom stereocenters. The van der Waals surface area contributed by atoms with Crippen molar-refractivity contribution in [1.82, 2.24) is 15.8 Å². The third-order valence-electron chi connectivity index (χ3n) is 6.32. The Kier molecular flexibility index (Phi) is 6.96. The first kappa shape index (κ1) is 22.9. The predicted octanol–water partition coefficient (Wildman–Crippen LogP) is 5.97. The molecule has 0 spiro atoms. The number of hydrogen-bond donors (Lipinski definition) is 4. The van der Waals surface area contributed by atoms with Crippen LogP contribution >= 0.6 is 11.8 Å². The quantitative estimate of drug-likeness (QED) is 0.428. The molecular weight excluding hydrogens is 418 g/mol. The van der Waals surface area contributed by atoms with E-state index in [-0.39, 0.29) is 20.1 Å². The van der Waals surface area contributed by atoms with Gasteiger partial charge in [-0.15, -0.1) is 17.3 Å². The highest BCUT2D eigenvalue weighted by Gasteiger charge is 2.23. The summed E-state index contributed by atoms with van der Waals surface area (Å²) in [5.74, 6) is -0.212. The summed E-state index contributed by atoms with van der Waals surface area (Å²) in [7, 11) is 0. The van der Waals surface area contributed by atoms with Crippen LogP contribution in [-0.2, 0) is 16.8 Å². The maximum Gasteiger partial charge on any atom is 0.227 e. The molecule has 2 aliphatic rings. The Morgan fingerprint density at radius 2 is 1.91 bits per heavy atom. The molecule has 2 aromatic rings. The Morgan fingerprint density at radius 1 is 1.16 bits per heavy atom. The van der Waals surface area contributed by atoms with Gasteiger partial charge in [0, 0.05) is 31.3 Å². The number of anilines is 2. The summed E-state index contributed by atoms with van der Waals surface area (Å²) in [5, 5.41) is 4.86. The zero-order valence-electron chi connectivity index (χ0n) is 19.5. The van der Waals surface area contributed by atoms with Gasteiger partial charge in [-0.1, -0.05) is 52.2 Å². The first-order valence-electron chi connectivity index (χ1n) is 11.7. The third-order valence-corrected chi connectivity index (χ3v) is 7.70. The SMILES string of the molecule is CC(C(=O)NCc1ccc(C(C)(C)C)nc1SC1CCCCC1)c1ccc2c(c1)NNN2.[HH].[HH]. The predicted molar refractivity (Wildman–Crippen MR) is 137 cm³/mol. The van der Waals surface area contributed by atoms with Crippen LogP contribution in [0.5, 0.6) is 0 Å². The normalized spacial score (nSPS) is 17.2. The minimum Gasteiger partial charge on any atom is -0.351 e. The smallest absolute Gasteiger partial charge is 0.227 e. The second-order valence-electron chi connectivity index (χ2n) is 9.91. The Labute approximate surface area is 198 Å². The van der Waals surface area contributed by atoms with E-state index in [9.17, 15) is 4.79 Å². The number of hydrazine groups is 2. The highest BCUT2D eigenvalue weighted by molar-refractivity contribution is 7.99. The van der Waals surface area contributed by atoms with Crippen molar-refractivity contribution in [2.75, 3.05) is 10.9 Å². The highest BCUT2D eigenvalue weighted by atomic mass is 32.2. The van der Waals surface area contributed by atoms with E-state index in [1.54, 1.807) is 0 Å². The second kappa shape index (κ2) is 9.71. The van der Waals surface area contributed by atoms with Gasteiger partial charge in [0.2, 0.25) is 5.91 Å². The lowest BCUT2D eigenvalue weighted by Gasteiger charge is -2.24. The summed E-state index contributed by atoms with van der Waals surface area (Å²) in [6.45, 7) is 9.05. The number of nitrogens with one attached hydrogen (secondary N) is 4.